The Morgan fingerprint density at radius 1 is 0.973 bits per heavy atom. The van der Waals surface area contributed by atoms with Crippen LogP contribution in [-0.4, -0.2) is 35.2 Å². The van der Waals surface area contributed by atoms with Gasteiger partial charge in [-0.15, -0.1) is 0 Å². The number of ether oxygens (including phenoxy) is 3. The minimum Gasteiger partial charge on any atom is -0.490 e. The zero-order valence-corrected chi connectivity index (χ0v) is 19.7. The van der Waals surface area contributed by atoms with E-state index in [0.717, 1.165) is 18.2 Å². The second-order valence-corrected chi connectivity index (χ2v) is 7.23. The normalized spacial score (nSPS) is 10.5. The van der Waals surface area contributed by atoms with Crippen molar-refractivity contribution in [3.63, 3.8) is 0 Å². The number of carbonyl (C=O) groups excluding carboxylic acids is 1. The molecule has 12 heteroatoms. The first-order valence-corrected chi connectivity index (χ1v) is 10.9. The number of non-ortho nitro benzene ring substituents is 1. The van der Waals surface area contributed by atoms with Crippen molar-refractivity contribution in [2.45, 2.75) is 6.92 Å². The lowest BCUT2D eigenvalue weighted by Gasteiger charge is -2.12. The Balaban J connectivity index is 1.65. The molecule has 12 nitrogen and oxygen atoms in total. The topological polar surface area (TPSA) is 155 Å². The molecule has 190 valence electrons. The van der Waals surface area contributed by atoms with Gasteiger partial charge < -0.3 is 14.2 Å². The van der Waals surface area contributed by atoms with Crippen LogP contribution in [0.2, 0.25) is 0 Å². The molecule has 0 radical (unpaired) electrons. The predicted molar refractivity (Wildman–Crippen MR) is 135 cm³/mol. The van der Waals surface area contributed by atoms with Crippen LogP contribution in [0.5, 0.6) is 23.0 Å². The molecule has 3 aromatic rings. The number of hydrogen-bond donors (Lipinski definition) is 1. The highest BCUT2D eigenvalue weighted by Gasteiger charge is 2.21. The maximum atomic E-state index is 12.5. The Bertz CT molecular complexity index is 1340. The van der Waals surface area contributed by atoms with E-state index < -0.39 is 27.1 Å². The molecule has 37 heavy (non-hydrogen) atoms. The third-order valence-electron chi connectivity index (χ3n) is 4.70. The van der Waals surface area contributed by atoms with Crippen LogP contribution in [-0.2, 0) is 0 Å². The summed E-state index contributed by atoms with van der Waals surface area (Å²) in [5.41, 5.74) is 2.40. The van der Waals surface area contributed by atoms with Crippen molar-refractivity contribution in [1.29, 1.82) is 0 Å². The lowest BCUT2D eigenvalue weighted by atomic mass is 10.2. The fourth-order valence-electron chi connectivity index (χ4n) is 3.01. The molecule has 0 aliphatic heterocycles. The van der Waals surface area contributed by atoms with E-state index in [0.29, 0.717) is 35.8 Å². The molecule has 3 aromatic carbocycles. The predicted octanol–water partition coefficient (Wildman–Crippen LogP) is 5.02. The van der Waals surface area contributed by atoms with Crippen molar-refractivity contribution in [2.75, 3.05) is 13.2 Å². The number of rotatable bonds is 12. The number of amides is 1. The SMILES string of the molecule is C=CCOc1ccc(C(=O)N/N=C/c2ccc(Oc3ccc([N+](=O)[O-])cc3[N+](=O)[O-])cc2)cc1OCC. The van der Waals surface area contributed by atoms with Crippen molar-refractivity contribution in [3.8, 4) is 23.0 Å². The largest absolute Gasteiger partial charge is 0.490 e. The van der Waals surface area contributed by atoms with Gasteiger partial charge in [-0.25, -0.2) is 5.43 Å². The average molecular weight is 506 g/mol. The van der Waals surface area contributed by atoms with Crippen LogP contribution in [0.25, 0.3) is 0 Å². The quantitative estimate of drug-likeness (QED) is 0.155. The Morgan fingerprint density at radius 2 is 1.70 bits per heavy atom. The van der Waals surface area contributed by atoms with E-state index >= 15 is 0 Å². The van der Waals surface area contributed by atoms with Crippen LogP contribution >= 0.6 is 0 Å². The first-order valence-electron chi connectivity index (χ1n) is 10.9. The second-order valence-electron chi connectivity index (χ2n) is 7.23. The number of nitrogens with one attached hydrogen (secondary N) is 1. The van der Waals surface area contributed by atoms with Crippen LogP contribution < -0.4 is 19.6 Å². The summed E-state index contributed by atoms with van der Waals surface area (Å²) in [7, 11) is 0. The highest BCUT2D eigenvalue weighted by molar-refractivity contribution is 5.95. The molecule has 1 amide bonds. The van der Waals surface area contributed by atoms with Crippen LogP contribution in [0.15, 0.2) is 78.4 Å². The van der Waals surface area contributed by atoms with E-state index in [1.165, 1.54) is 18.3 Å². The van der Waals surface area contributed by atoms with Gasteiger partial charge in [0.2, 0.25) is 5.75 Å². The first kappa shape index (κ1) is 26.3. The summed E-state index contributed by atoms with van der Waals surface area (Å²) in [6, 6.07) is 14.2. The molecule has 3 rings (SSSR count). The fourth-order valence-corrected chi connectivity index (χ4v) is 3.01. The number of hydrogen-bond acceptors (Lipinski definition) is 9. The molecular formula is C25H22N4O8. The molecule has 0 aliphatic carbocycles. The Morgan fingerprint density at radius 3 is 2.35 bits per heavy atom. The smallest absolute Gasteiger partial charge is 0.318 e. The highest BCUT2D eigenvalue weighted by atomic mass is 16.6. The molecule has 0 bridgehead atoms. The number of nitro benzene ring substituents is 2. The number of nitro groups is 2. The minimum absolute atomic E-state index is 0.142. The van der Waals surface area contributed by atoms with Gasteiger partial charge in [-0.05, 0) is 61.0 Å². The van der Waals surface area contributed by atoms with E-state index in [4.69, 9.17) is 14.2 Å². The van der Waals surface area contributed by atoms with Gasteiger partial charge in [0.05, 0.1) is 28.7 Å². The Hall–Kier alpha value is -5.26. The van der Waals surface area contributed by atoms with Crippen molar-refractivity contribution >= 4 is 23.5 Å². The molecule has 0 saturated heterocycles. The van der Waals surface area contributed by atoms with Gasteiger partial charge in [0.1, 0.15) is 12.4 Å². The van der Waals surface area contributed by atoms with Gasteiger partial charge in [0.25, 0.3) is 11.6 Å². The third-order valence-corrected chi connectivity index (χ3v) is 4.70. The van der Waals surface area contributed by atoms with Gasteiger partial charge >= 0.3 is 5.69 Å². The van der Waals surface area contributed by atoms with Gasteiger partial charge in [-0.3, -0.25) is 25.0 Å². The Kier molecular flexibility index (Phi) is 8.86. The molecule has 0 aliphatic rings. The molecule has 0 fully saturated rings. The molecule has 0 atom stereocenters. The number of benzene rings is 3. The van der Waals surface area contributed by atoms with E-state index in [2.05, 4.69) is 17.1 Å². The Labute approximate surface area is 211 Å². The van der Waals surface area contributed by atoms with E-state index in [-0.39, 0.29) is 11.5 Å². The first-order chi connectivity index (χ1) is 17.8. The van der Waals surface area contributed by atoms with Gasteiger partial charge in [-0.1, -0.05) is 12.7 Å². The maximum absolute atomic E-state index is 12.5. The summed E-state index contributed by atoms with van der Waals surface area (Å²) < 4.78 is 16.6. The molecule has 0 aromatic heterocycles. The number of nitrogens with zero attached hydrogens (tertiary/aromatic N) is 3. The van der Waals surface area contributed by atoms with Crippen molar-refractivity contribution in [3.05, 3.63) is 105 Å². The summed E-state index contributed by atoms with van der Waals surface area (Å²) in [6.07, 6.45) is 3.00. The van der Waals surface area contributed by atoms with Gasteiger partial charge in [0, 0.05) is 11.6 Å². The maximum Gasteiger partial charge on any atom is 0.318 e. The minimum atomic E-state index is -0.759. The lowest BCUT2D eigenvalue weighted by Crippen LogP contribution is -2.17. The van der Waals surface area contributed by atoms with Crippen LogP contribution in [0, 0.1) is 20.2 Å². The number of carbonyl (C=O) groups is 1. The van der Waals surface area contributed by atoms with Crippen molar-refractivity contribution in [2.24, 2.45) is 5.10 Å². The zero-order chi connectivity index (χ0) is 26.8. The lowest BCUT2D eigenvalue weighted by molar-refractivity contribution is -0.394. The van der Waals surface area contributed by atoms with Crippen LogP contribution in [0.4, 0.5) is 11.4 Å². The average Bonchev–Trinajstić information content (AvgIpc) is 2.89. The van der Waals surface area contributed by atoms with Crippen LogP contribution in [0.3, 0.4) is 0 Å². The van der Waals surface area contributed by atoms with E-state index in [9.17, 15) is 25.0 Å². The second kappa shape index (κ2) is 12.4. The standard InChI is InChI=1S/C25H22N4O8/c1-3-13-36-23-11-7-18(14-24(23)35-4-2)25(30)27-26-16-17-5-9-20(10-6-17)37-22-12-8-19(28(31)32)15-21(22)29(33)34/h3,5-12,14-16H,1,4,13H2,2H3,(H,27,30)/b26-16+. The summed E-state index contributed by atoms with van der Waals surface area (Å²) in [6.45, 7) is 6.11. The summed E-state index contributed by atoms with van der Waals surface area (Å²) in [5, 5.41) is 26.1. The molecule has 0 spiro atoms. The molecule has 0 unspecified atom stereocenters. The van der Waals surface area contributed by atoms with Crippen LogP contribution in [0.1, 0.15) is 22.8 Å². The highest BCUT2D eigenvalue weighted by Crippen LogP contribution is 2.34. The molecular weight excluding hydrogens is 484 g/mol. The monoisotopic (exact) mass is 506 g/mol. The molecule has 0 heterocycles. The number of hydrazone groups is 1. The van der Waals surface area contributed by atoms with Gasteiger partial charge in [-0.2, -0.15) is 5.10 Å². The van der Waals surface area contributed by atoms with Crippen molar-refractivity contribution in [1.82, 2.24) is 5.43 Å². The molecule has 0 saturated carbocycles. The summed E-state index contributed by atoms with van der Waals surface area (Å²) in [4.78, 5) is 33.1. The van der Waals surface area contributed by atoms with Gasteiger partial charge in [0.15, 0.2) is 11.5 Å². The molecule has 1 N–H and O–H groups in total. The third kappa shape index (κ3) is 7.11. The van der Waals surface area contributed by atoms with Crippen molar-refractivity contribution < 1.29 is 28.9 Å². The summed E-state index contributed by atoms with van der Waals surface area (Å²) >= 11 is 0. The zero-order valence-electron chi connectivity index (χ0n) is 19.7. The fraction of sp³-hybridized carbons (Fsp3) is 0.120. The summed E-state index contributed by atoms with van der Waals surface area (Å²) in [5.74, 6) is 0.572. The van der Waals surface area contributed by atoms with E-state index in [1.54, 1.807) is 36.4 Å². The van der Waals surface area contributed by atoms with E-state index in [1.807, 2.05) is 6.92 Å².